The zero-order valence-electron chi connectivity index (χ0n) is 16.3. The van der Waals surface area contributed by atoms with E-state index in [1.807, 2.05) is 6.92 Å². The zero-order valence-corrected chi connectivity index (χ0v) is 16.3. The molecule has 27 heavy (non-hydrogen) atoms. The van der Waals surface area contributed by atoms with Gasteiger partial charge in [-0.25, -0.2) is 4.79 Å². The highest BCUT2D eigenvalue weighted by atomic mass is 16.5. The fraction of sp³-hybridized carbons (Fsp3) is 0.895. The van der Waals surface area contributed by atoms with Gasteiger partial charge in [0.15, 0.2) is 5.72 Å². The van der Waals surface area contributed by atoms with Gasteiger partial charge in [0.05, 0.1) is 25.3 Å². The van der Waals surface area contributed by atoms with Gasteiger partial charge in [-0.15, -0.1) is 0 Å². The molecule has 0 aromatic carbocycles. The minimum atomic E-state index is -1.08. The molecule has 4 fully saturated rings. The molecule has 152 valence electrons. The number of ether oxygens (including phenoxy) is 1. The van der Waals surface area contributed by atoms with Crippen molar-refractivity contribution in [3.63, 3.8) is 0 Å². The number of rotatable bonds is 4. The Morgan fingerprint density at radius 2 is 2.07 bits per heavy atom. The van der Waals surface area contributed by atoms with Crippen molar-refractivity contribution in [2.45, 2.75) is 69.9 Å². The number of β-amino-alcohol motifs (C(OH)–C–C–N with tert-alkyl or cyclic N) is 1. The van der Waals surface area contributed by atoms with Crippen molar-refractivity contribution in [2.75, 3.05) is 32.8 Å². The van der Waals surface area contributed by atoms with Crippen LogP contribution in [-0.2, 0) is 9.53 Å². The molecule has 4 aliphatic rings. The van der Waals surface area contributed by atoms with E-state index in [0.717, 1.165) is 38.9 Å². The van der Waals surface area contributed by atoms with Crippen molar-refractivity contribution in [3.8, 4) is 0 Å². The second kappa shape index (κ2) is 6.60. The summed E-state index contributed by atoms with van der Waals surface area (Å²) in [4.78, 5) is 29.5. The molecule has 3 saturated heterocycles. The zero-order chi connectivity index (χ0) is 19.4. The Morgan fingerprint density at radius 1 is 1.33 bits per heavy atom. The molecule has 1 aliphatic carbocycles. The van der Waals surface area contributed by atoms with Crippen LogP contribution in [0.5, 0.6) is 0 Å². The number of carbonyl (C=O) groups is 2. The molecule has 1 spiro atoms. The minimum Gasteiger partial charge on any atom is -0.465 e. The van der Waals surface area contributed by atoms with Gasteiger partial charge in [0, 0.05) is 6.54 Å². The van der Waals surface area contributed by atoms with Gasteiger partial charge in [-0.05, 0) is 64.5 Å². The summed E-state index contributed by atoms with van der Waals surface area (Å²) >= 11 is 0. The molecule has 0 bridgehead atoms. The second-order valence-electron chi connectivity index (χ2n) is 9.01. The summed E-state index contributed by atoms with van der Waals surface area (Å²) in [5.74, 6) is -0.169. The number of aliphatic hydroxyl groups is 1. The molecule has 1 saturated carbocycles. The molecule has 0 unspecified atom stereocenters. The maximum absolute atomic E-state index is 12.8. The van der Waals surface area contributed by atoms with Crippen LogP contribution in [0.1, 0.15) is 46.0 Å². The van der Waals surface area contributed by atoms with Crippen LogP contribution in [0.15, 0.2) is 0 Å². The van der Waals surface area contributed by atoms with Crippen molar-refractivity contribution in [2.24, 2.45) is 5.41 Å². The highest BCUT2D eigenvalue weighted by Gasteiger charge is 2.55. The van der Waals surface area contributed by atoms with Gasteiger partial charge in [-0.1, -0.05) is 0 Å². The van der Waals surface area contributed by atoms with Crippen molar-refractivity contribution in [3.05, 3.63) is 0 Å². The molecule has 8 nitrogen and oxygen atoms in total. The van der Waals surface area contributed by atoms with Crippen molar-refractivity contribution >= 4 is 12.0 Å². The van der Waals surface area contributed by atoms with Crippen molar-refractivity contribution in [1.29, 1.82) is 0 Å². The number of carbonyl (C=O) groups excluding carboxylic acids is 1. The Kier molecular flexibility index (Phi) is 4.63. The van der Waals surface area contributed by atoms with E-state index >= 15 is 0 Å². The van der Waals surface area contributed by atoms with E-state index in [9.17, 15) is 19.8 Å². The average Bonchev–Trinajstić information content (AvgIpc) is 3.32. The van der Waals surface area contributed by atoms with Crippen LogP contribution >= 0.6 is 0 Å². The fourth-order valence-corrected chi connectivity index (χ4v) is 5.15. The van der Waals surface area contributed by atoms with Gasteiger partial charge in [0.1, 0.15) is 6.04 Å². The summed E-state index contributed by atoms with van der Waals surface area (Å²) < 4.78 is 5.90. The third-order valence-corrected chi connectivity index (χ3v) is 7.20. The predicted octanol–water partition coefficient (Wildman–Crippen LogP) is 0.939. The van der Waals surface area contributed by atoms with E-state index in [1.165, 1.54) is 17.7 Å². The number of piperazine rings is 1. The Morgan fingerprint density at radius 3 is 2.70 bits per heavy atom. The molecule has 2 N–H and O–H groups in total. The van der Waals surface area contributed by atoms with Gasteiger partial charge < -0.3 is 24.7 Å². The first kappa shape index (κ1) is 19.0. The minimum absolute atomic E-state index is 0.00890. The Hall–Kier alpha value is -1.38. The molecule has 0 aromatic heterocycles. The molecule has 4 atom stereocenters. The molecular weight excluding hydrogens is 350 g/mol. The topological polar surface area (TPSA) is 93.6 Å². The SMILES string of the molecule is C[C@H]1C(=O)N2[C@@H](CCCN3CCC4(CC4)[C@H](O)C3)CO[C@]2(C)CN1C(=O)O. The number of hydrogen-bond donors (Lipinski definition) is 2. The van der Waals surface area contributed by atoms with E-state index in [4.69, 9.17) is 4.74 Å². The quantitative estimate of drug-likeness (QED) is 0.753. The van der Waals surface area contributed by atoms with Gasteiger partial charge in [-0.2, -0.15) is 0 Å². The summed E-state index contributed by atoms with van der Waals surface area (Å²) in [5, 5.41) is 19.7. The standard InChI is InChI=1S/C19H31N3O5/c1-13-16(24)22-14(11-27-18(22,2)12-21(13)17(25)26)4-3-8-20-9-7-19(5-6-19)15(23)10-20/h13-15,23H,3-12H2,1-2H3,(H,25,26)/t13-,14-,15+,18+/m0/s1. The van der Waals surface area contributed by atoms with Crippen LogP contribution in [-0.4, -0.2) is 93.6 Å². The summed E-state index contributed by atoms with van der Waals surface area (Å²) in [6.07, 6.45) is 3.91. The first-order valence-electron chi connectivity index (χ1n) is 10.1. The normalized spacial score (nSPS) is 38.3. The number of amides is 2. The maximum Gasteiger partial charge on any atom is 0.408 e. The highest BCUT2D eigenvalue weighted by molar-refractivity contribution is 5.87. The van der Waals surface area contributed by atoms with Crippen LogP contribution in [0.25, 0.3) is 0 Å². The van der Waals surface area contributed by atoms with Gasteiger partial charge in [-0.3, -0.25) is 9.69 Å². The summed E-state index contributed by atoms with van der Waals surface area (Å²) in [6.45, 7) is 6.81. The molecule has 4 rings (SSSR count). The number of likely N-dealkylation sites (tertiary alicyclic amines) is 1. The smallest absolute Gasteiger partial charge is 0.408 e. The second-order valence-corrected chi connectivity index (χ2v) is 9.01. The van der Waals surface area contributed by atoms with Crippen molar-refractivity contribution in [1.82, 2.24) is 14.7 Å². The van der Waals surface area contributed by atoms with Crippen LogP contribution in [0.4, 0.5) is 4.79 Å². The lowest BCUT2D eigenvalue weighted by Crippen LogP contribution is -2.67. The van der Waals surface area contributed by atoms with E-state index in [1.54, 1.807) is 11.8 Å². The predicted molar refractivity (Wildman–Crippen MR) is 97.1 cm³/mol. The lowest BCUT2D eigenvalue weighted by Gasteiger charge is -2.47. The molecule has 8 heteroatoms. The Labute approximate surface area is 160 Å². The Balaban J connectivity index is 1.31. The van der Waals surface area contributed by atoms with Gasteiger partial charge in [0.2, 0.25) is 5.91 Å². The van der Waals surface area contributed by atoms with Crippen LogP contribution < -0.4 is 0 Å². The number of hydrogen-bond acceptors (Lipinski definition) is 5. The lowest BCUT2D eigenvalue weighted by atomic mass is 9.90. The number of carboxylic acid groups (broad SMARTS) is 1. The largest absolute Gasteiger partial charge is 0.465 e. The third-order valence-electron chi connectivity index (χ3n) is 7.20. The fourth-order valence-electron chi connectivity index (χ4n) is 5.15. The number of piperidine rings is 1. The number of fused-ring (bicyclic) bond motifs is 1. The van der Waals surface area contributed by atoms with Crippen LogP contribution in [0.3, 0.4) is 0 Å². The summed E-state index contributed by atoms with van der Waals surface area (Å²) in [5.41, 5.74) is -0.643. The first-order valence-corrected chi connectivity index (χ1v) is 10.1. The maximum atomic E-state index is 12.8. The third kappa shape index (κ3) is 3.21. The molecule has 3 heterocycles. The Bertz CT molecular complexity index is 624. The van der Waals surface area contributed by atoms with Crippen LogP contribution in [0.2, 0.25) is 0 Å². The van der Waals surface area contributed by atoms with Crippen LogP contribution in [0, 0.1) is 5.41 Å². The van der Waals surface area contributed by atoms with E-state index in [-0.39, 0.29) is 30.0 Å². The number of aliphatic hydroxyl groups excluding tert-OH is 1. The van der Waals surface area contributed by atoms with E-state index < -0.39 is 17.9 Å². The molecule has 0 aromatic rings. The molecule has 3 aliphatic heterocycles. The molecule has 0 radical (unpaired) electrons. The van der Waals surface area contributed by atoms with Gasteiger partial charge >= 0.3 is 6.09 Å². The number of nitrogens with zero attached hydrogens (tertiary/aromatic N) is 3. The summed E-state index contributed by atoms with van der Waals surface area (Å²) in [7, 11) is 0. The van der Waals surface area contributed by atoms with E-state index in [0.29, 0.717) is 6.61 Å². The first-order chi connectivity index (χ1) is 12.8. The molecule has 2 amide bonds. The lowest BCUT2D eigenvalue weighted by molar-refractivity contribution is -0.169. The van der Waals surface area contributed by atoms with Crippen molar-refractivity contribution < 1.29 is 24.5 Å². The molecular formula is C19H31N3O5. The monoisotopic (exact) mass is 381 g/mol. The average molecular weight is 381 g/mol. The van der Waals surface area contributed by atoms with E-state index in [2.05, 4.69) is 4.90 Å². The van der Waals surface area contributed by atoms with Gasteiger partial charge in [0.25, 0.3) is 0 Å². The summed E-state index contributed by atoms with van der Waals surface area (Å²) in [6, 6.07) is -0.683. The highest BCUT2D eigenvalue weighted by Crippen LogP contribution is 2.53.